The van der Waals surface area contributed by atoms with Gasteiger partial charge in [0.05, 0.1) is 11.0 Å². The molecule has 2 rings (SSSR count). The Bertz CT molecular complexity index is 559. The molecule has 0 fully saturated rings. The number of hydrogen-bond acceptors (Lipinski definition) is 5. The van der Waals surface area contributed by atoms with E-state index in [9.17, 15) is 15.2 Å². The van der Waals surface area contributed by atoms with Crippen LogP contribution in [0.25, 0.3) is 5.00 Å². The maximum Gasteiger partial charge on any atom is 0.304 e. The Morgan fingerprint density at radius 3 is 2.82 bits per heavy atom. The summed E-state index contributed by atoms with van der Waals surface area (Å²) in [6, 6.07) is 1.41. The fourth-order valence-corrected chi connectivity index (χ4v) is 2.59. The second-order valence-corrected chi connectivity index (χ2v) is 4.68. The molecule has 90 valence electrons. The van der Waals surface area contributed by atoms with Gasteiger partial charge >= 0.3 is 5.69 Å². The van der Waals surface area contributed by atoms with Gasteiger partial charge in [-0.3, -0.25) is 14.7 Å². The molecule has 17 heavy (non-hydrogen) atoms. The zero-order valence-corrected chi connectivity index (χ0v) is 10.1. The van der Waals surface area contributed by atoms with Gasteiger partial charge in [0.2, 0.25) is 0 Å². The molecule has 0 aromatic carbocycles. The first-order valence-electron chi connectivity index (χ1n) is 4.97. The summed E-state index contributed by atoms with van der Waals surface area (Å²) in [7, 11) is 0. The molecule has 0 aliphatic carbocycles. The molecule has 1 N–H and O–H groups in total. The molecule has 0 aliphatic heterocycles. The van der Waals surface area contributed by atoms with Crippen molar-refractivity contribution in [2.45, 2.75) is 20.0 Å². The zero-order valence-electron chi connectivity index (χ0n) is 9.32. The number of aliphatic hydroxyl groups excluding tert-OH is 1. The van der Waals surface area contributed by atoms with E-state index in [1.54, 1.807) is 30.8 Å². The summed E-state index contributed by atoms with van der Waals surface area (Å²) in [5, 5.41) is 20.9. The van der Waals surface area contributed by atoms with Crippen molar-refractivity contribution in [3.63, 3.8) is 0 Å². The van der Waals surface area contributed by atoms with Crippen molar-refractivity contribution < 1.29 is 10.0 Å². The largest absolute Gasteiger partial charge is 0.388 e. The number of hydrogen-bond donors (Lipinski definition) is 1. The van der Waals surface area contributed by atoms with Crippen LogP contribution in [0.4, 0.5) is 5.69 Å². The van der Waals surface area contributed by atoms with E-state index >= 15 is 0 Å². The van der Waals surface area contributed by atoms with Crippen LogP contribution in [0.2, 0.25) is 0 Å². The Labute approximate surface area is 101 Å². The maximum absolute atomic E-state index is 11.0. The SMILES string of the molecule is Cc1nccn1-c1sc([C@H](C)O)cc1[N+](=O)[O-]. The van der Waals surface area contributed by atoms with Gasteiger partial charge in [0, 0.05) is 23.3 Å². The number of imidazole rings is 1. The van der Waals surface area contributed by atoms with Crippen molar-refractivity contribution in [1.29, 1.82) is 0 Å². The first-order valence-corrected chi connectivity index (χ1v) is 5.79. The molecule has 0 bridgehead atoms. The Morgan fingerprint density at radius 1 is 1.65 bits per heavy atom. The van der Waals surface area contributed by atoms with Gasteiger partial charge in [-0.2, -0.15) is 0 Å². The van der Waals surface area contributed by atoms with Crippen LogP contribution in [0.3, 0.4) is 0 Å². The van der Waals surface area contributed by atoms with Crippen LogP contribution in [0.1, 0.15) is 23.7 Å². The molecule has 0 spiro atoms. The fraction of sp³-hybridized carbons (Fsp3) is 0.300. The number of nitro groups is 1. The Morgan fingerprint density at radius 2 is 2.35 bits per heavy atom. The number of rotatable bonds is 3. The Hall–Kier alpha value is -1.73. The van der Waals surface area contributed by atoms with Gasteiger partial charge in [0.1, 0.15) is 5.82 Å². The van der Waals surface area contributed by atoms with E-state index < -0.39 is 11.0 Å². The summed E-state index contributed by atoms with van der Waals surface area (Å²) in [6.45, 7) is 3.35. The smallest absolute Gasteiger partial charge is 0.304 e. The highest BCUT2D eigenvalue weighted by atomic mass is 32.1. The second kappa shape index (κ2) is 4.27. The van der Waals surface area contributed by atoms with Crippen LogP contribution < -0.4 is 0 Å². The lowest BCUT2D eigenvalue weighted by Crippen LogP contribution is -1.96. The Kier molecular flexibility index (Phi) is 2.95. The van der Waals surface area contributed by atoms with Crippen molar-refractivity contribution in [2.24, 2.45) is 0 Å². The maximum atomic E-state index is 11.0. The van der Waals surface area contributed by atoms with Crippen LogP contribution in [0.5, 0.6) is 0 Å². The molecule has 1 atom stereocenters. The van der Waals surface area contributed by atoms with Gasteiger partial charge in [0.15, 0.2) is 5.00 Å². The second-order valence-electron chi connectivity index (χ2n) is 3.62. The van der Waals surface area contributed by atoms with Gasteiger partial charge in [-0.1, -0.05) is 0 Å². The normalized spacial score (nSPS) is 12.6. The summed E-state index contributed by atoms with van der Waals surface area (Å²) in [5.74, 6) is 0.673. The first kappa shape index (κ1) is 11.7. The molecular formula is C10H11N3O3S. The highest BCUT2D eigenvalue weighted by molar-refractivity contribution is 7.15. The van der Waals surface area contributed by atoms with Crippen LogP contribution in [0.15, 0.2) is 18.5 Å². The molecule has 6 nitrogen and oxygen atoms in total. The molecule has 0 radical (unpaired) electrons. The third-order valence-corrected chi connectivity index (χ3v) is 3.66. The lowest BCUT2D eigenvalue weighted by Gasteiger charge is -2.00. The lowest BCUT2D eigenvalue weighted by molar-refractivity contribution is -0.384. The van der Waals surface area contributed by atoms with Crippen molar-refractivity contribution in [3.05, 3.63) is 39.3 Å². The predicted octanol–water partition coefficient (Wildman–Crippen LogP) is 2.20. The first-order chi connectivity index (χ1) is 8.00. The average Bonchev–Trinajstić information content (AvgIpc) is 2.82. The molecule has 0 saturated carbocycles. The number of thiophene rings is 1. The minimum Gasteiger partial charge on any atom is -0.388 e. The van der Waals surface area contributed by atoms with E-state index in [0.29, 0.717) is 15.7 Å². The van der Waals surface area contributed by atoms with Crippen molar-refractivity contribution in [2.75, 3.05) is 0 Å². The monoisotopic (exact) mass is 253 g/mol. The summed E-state index contributed by atoms with van der Waals surface area (Å²) in [4.78, 5) is 15.1. The highest BCUT2D eigenvalue weighted by Gasteiger charge is 2.22. The van der Waals surface area contributed by atoms with E-state index in [1.165, 1.54) is 17.4 Å². The van der Waals surface area contributed by atoms with E-state index in [1.807, 2.05) is 0 Å². The lowest BCUT2D eigenvalue weighted by atomic mass is 10.3. The highest BCUT2D eigenvalue weighted by Crippen LogP contribution is 2.36. The summed E-state index contributed by atoms with van der Waals surface area (Å²) < 4.78 is 1.65. The van der Waals surface area contributed by atoms with E-state index in [0.717, 1.165) is 0 Å². The van der Waals surface area contributed by atoms with Gasteiger partial charge in [-0.15, -0.1) is 11.3 Å². The van der Waals surface area contributed by atoms with Gasteiger partial charge in [-0.25, -0.2) is 4.98 Å². The molecule has 7 heteroatoms. The number of nitrogens with zero attached hydrogens (tertiary/aromatic N) is 3. The molecule has 0 amide bonds. The van der Waals surface area contributed by atoms with Gasteiger partial charge < -0.3 is 5.11 Å². The number of aliphatic hydroxyl groups is 1. The zero-order chi connectivity index (χ0) is 12.6. The third-order valence-electron chi connectivity index (χ3n) is 2.37. The van der Waals surface area contributed by atoms with Gasteiger partial charge in [-0.05, 0) is 13.8 Å². The molecule has 2 aromatic rings. The summed E-state index contributed by atoms with van der Waals surface area (Å²) >= 11 is 1.20. The number of aromatic nitrogens is 2. The Balaban J connectivity index is 2.60. The molecule has 2 heterocycles. The molecule has 0 saturated heterocycles. The minimum atomic E-state index is -0.712. The number of aryl methyl sites for hydroxylation is 1. The quantitative estimate of drug-likeness (QED) is 0.671. The van der Waals surface area contributed by atoms with Crippen LogP contribution >= 0.6 is 11.3 Å². The predicted molar refractivity (Wildman–Crippen MR) is 63.5 cm³/mol. The standard InChI is InChI=1S/C10H11N3O3S/c1-6(14)9-5-8(13(15)16)10(17-9)12-4-3-11-7(12)2/h3-6,14H,1-2H3/t6-/m0/s1. The van der Waals surface area contributed by atoms with E-state index in [-0.39, 0.29) is 5.69 Å². The van der Waals surface area contributed by atoms with Crippen LogP contribution in [-0.4, -0.2) is 19.6 Å². The third kappa shape index (κ3) is 2.06. The fourth-order valence-electron chi connectivity index (χ4n) is 1.49. The van der Waals surface area contributed by atoms with Crippen molar-refractivity contribution >= 4 is 17.0 Å². The van der Waals surface area contributed by atoms with Gasteiger partial charge in [0.25, 0.3) is 0 Å². The topological polar surface area (TPSA) is 81.2 Å². The molecule has 0 unspecified atom stereocenters. The summed E-state index contributed by atoms with van der Waals surface area (Å²) in [5.41, 5.74) is -0.00741. The van der Waals surface area contributed by atoms with Crippen LogP contribution in [0, 0.1) is 17.0 Å². The van der Waals surface area contributed by atoms with E-state index in [4.69, 9.17) is 0 Å². The van der Waals surface area contributed by atoms with Crippen molar-refractivity contribution in [1.82, 2.24) is 9.55 Å². The molecule has 0 aliphatic rings. The molecular weight excluding hydrogens is 242 g/mol. The molecule has 2 aromatic heterocycles. The van der Waals surface area contributed by atoms with E-state index in [2.05, 4.69) is 4.98 Å². The van der Waals surface area contributed by atoms with Crippen molar-refractivity contribution in [3.8, 4) is 5.00 Å². The summed E-state index contributed by atoms with van der Waals surface area (Å²) in [6.07, 6.45) is 2.54. The van der Waals surface area contributed by atoms with Crippen LogP contribution in [-0.2, 0) is 0 Å². The minimum absolute atomic E-state index is 0.00741. The average molecular weight is 253 g/mol.